The van der Waals surface area contributed by atoms with Crippen molar-refractivity contribution in [1.29, 1.82) is 0 Å². The zero-order valence-electron chi connectivity index (χ0n) is 34.5. The highest BCUT2D eigenvalue weighted by Gasteiger charge is 2.16. The van der Waals surface area contributed by atoms with E-state index in [4.69, 9.17) is 4.99 Å². The van der Waals surface area contributed by atoms with Gasteiger partial charge in [-0.2, -0.15) is 0 Å². The van der Waals surface area contributed by atoms with Crippen molar-refractivity contribution in [1.82, 2.24) is 9.13 Å². The smallest absolute Gasteiger partial charge is 0.0653 e. The SMILES string of the molecule is C/C(=C\C(=NCc1cccc(-c2ccc3c(c2)c2ccccc2n3-c2ccc(-c3ccc4c(c3)c3ccccc3n4-c3ccccc3)cc2)c1)c1ccccc1)c1ccccc1. The molecule has 9 aromatic carbocycles. The molecule has 0 fully saturated rings. The largest absolute Gasteiger partial charge is 0.309 e. The highest BCUT2D eigenvalue weighted by atomic mass is 15.0. The van der Waals surface area contributed by atoms with Crippen LogP contribution in [-0.2, 0) is 6.54 Å². The van der Waals surface area contributed by atoms with E-state index in [2.05, 4.69) is 247 Å². The molecule has 0 unspecified atom stereocenters. The summed E-state index contributed by atoms with van der Waals surface area (Å²) >= 11 is 0. The van der Waals surface area contributed by atoms with Crippen molar-refractivity contribution in [2.24, 2.45) is 4.99 Å². The maximum absolute atomic E-state index is 5.19. The maximum atomic E-state index is 5.19. The fourth-order valence-corrected chi connectivity index (χ4v) is 9.09. The minimum Gasteiger partial charge on any atom is -0.309 e. The zero-order valence-corrected chi connectivity index (χ0v) is 34.5. The summed E-state index contributed by atoms with van der Waals surface area (Å²) in [5.74, 6) is 0. The third-order valence-corrected chi connectivity index (χ3v) is 12.2. The molecule has 0 amide bonds. The second-order valence-electron chi connectivity index (χ2n) is 16.0. The Kier molecular flexibility index (Phi) is 9.48. The Morgan fingerprint density at radius 1 is 0.387 bits per heavy atom. The highest BCUT2D eigenvalue weighted by Crippen LogP contribution is 2.38. The Hall–Kier alpha value is -8.01. The van der Waals surface area contributed by atoms with E-state index in [0.29, 0.717) is 6.54 Å². The van der Waals surface area contributed by atoms with Crippen molar-refractivity contribution in [2.45, 2.75) is 13.5 Å². The van der Waals surface area contributed by atoms with E-state index < -0.39 is 0 Å². The summed E-state index contributed by atoms with van der Waals surface area (Å²) in [7, 11) is 0. The van der Waals surface area contributed by atoms with Crippen molar-refractivity contribution in [3.05, 3.63) is 247 Å². The van der Waals surface area contributed by atoms with Crippen LogP contribution in [0.5, 0.6) is 0 Å². The van der Waals surface area contributed by atoms with Gasteiger partial charge in [-0.05, 0) is 124 Å². The van der Waals surface area contributed by atoms with Crippen LogP contribution >= 0.6 is 0 Å². The average molecular weight is 794 g/mol. The van der Waals surface area contributed by atoms with E-state index in [-0.39, 0.29) is 0 Å². The minimum absolute atomic E-state index is 0.582. The number of hydrogen-bond acceptors (Lipinski definition) is 1. The van der Waals surface area contributed by atoms with Crippen LogP contribution in [0.25, 0.3) is 82.8 Å². The summed E-state index contributed by atoms with van der Waals surface area (Å²) in [4.78, 5) is 5.19. The highest BCUT2D eigenvalue weighted by molar-refractivity contribution is 6.13. The Bertz CT molecular complexity index is 3460. The van der Waals surface area contributed by atoms with Gasteiger partial charge in [-0.15, -0.1) is 0 Å². The lowest BCUT2D eigenvalue weighted by Crippen LogP contribution is -1.99. The number of aromatic nitrogens is 2. The van der Waals surface area contributed by atoms with Gasteiger partial charge in [0.1, 0.15) is 0 Å². The Morgan fingerprint density at radius 2 is 0.855 bits per heavy atom. The molecule has 0 bridgehead atoms. The molecule has 0 atom stereocenters. The lowest BCUT2D eigenvalue weighted by Gasteiger charge is -2.11. The summed E-state index contributed by atoms with van der Waals surface area (Å²) in [5.41, 5.74) is 17.5. The van der Waals surface area contributed by atoms with Gasteiger partial charge in [0.25, 0.3) is 0 Å². The van der Waals surface area contributed by atoms with E-state index >= 15 is 0 Å². The quantitative estimate of drug-likeness (QED) is 0.130. The van der Waals surface area contributed by atoms with Crippen molar-refractivity contribution >= 4 is 54.9 Å². The first kappa shape index (κ1) is 37.0. The molecule has 11 aromatic rings. The van der Waals surface area contributed by atoms with Gasteiger partial charge >= 0.3 is 0 Å². The van der Waals surface area contributed by atoms with E-state index in [1.165, 1.54) is 88.3 Å². The fraction of sp³-hybridized carbons (Fsp3) is 0.0339. The topological polar surface area (TPSA) is 22.2 Å². The number of nitrogens with zero attached hydrogens (tertiary/aromatic N) is 3. The molecular formula is C59H43N3. The lowest BCUT2D eigenvalue weighted by molar-refractivity contribution is 1.07. The molecule has 11 rings (SSSR count). The maximum Gasteiger partial charge on any atom is 0.0653 e. The standard InChI is InChI=1S/C59H43N3/c1-41(43-17-5-2-6-18-43)36-55(45-19-7-3-8-20-45)60-40-42-16-15-21-46(37-42)48-31-35-59-54(39-48)52-25-12-14-27-57(52)62(59)50-32-28-44(29-33-50)47-30-34-58-53(38-47)51-24-11-13-26-56(51)61(58)49-22-9-4-10-23-49/h2-39H,40H2,1H3/b41-36+,60-55?. The number of benzene rings is 9. The second kappa shape index (κ2) is 15.9. The van der Waals surface area contributed by atoms with E-state index in [0.717, 1.165) is 17.0 Å². The van der Waals surface area contributed by atoms with Crippen LogP contribution in [0, 0.1) is 0 Å². The predicted molar refractivity (Wildman–Crippen MR) is 263 cm³/mol. The number of aliphatic imine (C=N–C) groups is 1. The van der Waals surface area contributed by atoms with Crippen LogP contribution in [0.4, 0.5) is 0 Å². The van der Waals surface area contributed by atoms with Gasteiger partial charge in [0, 0.05) is 32.9 Å². The van der Waals surface area contributed by atoms with Crippen LogP contribution < -0.4 is 0 Å². The van der Waals surface area contributed by atoms with Crippen LogP contribution in [0.15, 0.2) is 236 Å². The summed E-state index contributed by atoms with van der Waals surface area (Å²) in [6, 6.07) is 80.7. The molecule has 0 aliphatic heterocycles. The first-order valence-corrected chi connectivity index (χ1v) is 21.3. The molecule has 2 heterocycles. The molecule has 0 aliphatic carbocycles. The summed E-state index contributed by atoms with van der Waals surface area (Å²) < 4.78 is 4.77. The average Bonchev–Trinajstić information content (AvgIpc) is 3.86. The van der Waals surface area contributed by atoms with Crippen LogP contribution in [0.1, 0.15) is 23.6 Å². The Labute approximate surface area is 361 Å². The van der Waals surface area contributed by atoms with Gasteiger partial charge in [-0.25, -0.2) is 0 Å². The Morgan fingerprint density at radius 3 is 1.47 bits per heavy atom. The first-order valence-electron chi connectivity index (χ1n) is 21.3. The van der Waals surface area contributed by atoms with Crippen LogP contribution in [-0.4, -0.2) is 14.8 Å². The van der Waals surface area contributed by atoms with E-state index in [9.17, 15) is 0 Å². The van der Waals surface area contributed by atoms with Gasteiger partial charge in [0.05, 0.1) is 34.3 Å². The van der Waals surface area contributed by atoms with Gasteiger partial charge in [-0.1, -0.05) is 158 Å². The van der Waals surface area contributed by atoms with Gasteiger partial charge < -0.3 is 9.13 Å². The third-order valence-electron chi connectivity index (χ3n) is 12.2. The molecule has 0 N–H and O–H groups in total. The molecule has 0 aliphatic rings. The van der Waals surface area contributed by atoms with Crippen molar-refractivity contribution in [3.63, 3.8) is 0 Å². The van der Waals surface area contributed by atoms with Gasteiger partial charge in [0.2, 0.25) is 0 Å². The summed E-state index contributed by atoms with van der Waals surface area (Å²) in [6.45, 7) is 2.74. The monoisotopic (exact) mass is 793 g/mol. The molecule has 3 nitrogen and oxygen atoms in total. The molecular weight excluding hydrogens is 751 g/mol. The number of rotatable bonds is 9. The van der Waals surface area contributed by atoms with Crippen molar-refractivity contribution in [2.75, 3.05) is 0 Å². The number of hydrogen-bond donors (Lipinski definition) is 0. The lowest BCUT2D eigenvalue weighted by atomic mass is 10.0. The molecule has 3 heteroatoms. The number of allylic oxidation sites excluding steroid dienone is 2. The third kappa shape index (κ3) is 6.80. The van der Waals surface area contributed by atoms with Crippen molar-refractivity contribution in [3.8, 4) is 33.6 Å². The molecule has 0 spiro atoms. The van der Waals surface area contributed by atoms with E-state index in [1.807, 2.05) is 0 Å². The molecule has 294 valence electrons. The van der Waals surface area contributed by atoms with Crippen LogP contribution in [0.2, 0.25) is 0 Å². The number of fused-ring (bicyclic) bond motifs is 6. The molecule has 0 radical (unpaired) electrons. The molecule has 0 saturated carbocycles. The Balaban J connectivity index is 0.919. The normalized spacial score (nSPS) is 12.2. The van der Waals surface area contributed by atoms with Gasteiger partial charge in [0.15, 0.2) is 0 Å². The van der Waals surface area contributed by atoms with E-state index in [1.54, 1.807) is 0 Å². The zero-order chi connectivity index (χ0) is 41.4. The first-order chi connectivity index (χ1) is 30.7. The number of para-hydroxylation sites is 3. The molecule has 0 saturated heterocycles. The van der Waals surface area contributed by atoms with Crippen molar-refractivity contribution < 1.29 is 0 Å². The minimum atomic E-state index is 0.582. The van der Waals surface area contributed by atoms with Crippen LogP contribution in [0.3, 0.4) is 0 Å². The van der Waals surface area contributed by atoms with Gasteiger partial charge in [-0.3, -0.25) is 4.99 Å². The predicted octanol–water partition coefficient (Wildman–Crippen LogP) is 15.3. The molecule has 2 aromatic heterocycles. The fourth-order valence-electron chi connectivity index (χ4n) is 9.09. The summed E-state index contributed by atoms with van der Waals surface area (Å²) in [5, 5.41) is 4.99. The second-order valence-corrected chi connectivity index (χ2v) is 16.0. The molecule has 62 heavy (non-hydrogen) atoms. The summed E-state index contributed by atoms with van der Waals surface area (Å²) in [6.07, 6.45) is 2.21.